The van der Waals surface area contributed by atoms with Gasteiger partial charge in [0.05, 0.1) is 26.4 Å². The lowest BCUT2D eigenvalue weighted by Crippen LogP contribution is -2.30. The number of aliphatic hydroxyl groups is 1. The topological polar surface area (TPSA) is 237 Å². The van der Waals surface area contributed by atoms with E-state index in [0.717, 1.165) is 114 Å². The van der Waals surface area contributed by atoms with Gasteiger partial charge in [-0.25, -0.2) is 9.13 Å². The van der Waals surface area contributed by atoms with Crippen LogP contribution >= 0.6 is 15.6 Å². The maximum atomic E-state index is 13.1. The highest BCUT2D eigenvalue weighted by atomic mass is 31.2. The summed E-state index contributed by atoms with van der Waals surface area (Å²) in [7, 11) is -9.92. The van der Waals surface area contributed by atoms with E-state index in [2.05, 4.69) is 55.4 Å². The average Bonchev–Trinajstić information content (AvgIpc) is 1.03. The molecule has 0 aliphatic rings. The van der Waals surface area contributed by atoms with E-state index in [4.69, 9.17) is 37.0 Å². The average molecular weight is 1480 g/mol. The summed E-state index contributed by atoms with van der Waals surface area (Å²) in [5, 5.41) is 10.6. The molecule has 0 fully saturated rings. The molecule has 0 aliphatic carbocycles. The first kappa shape index (κ1) is 99.1. The molecule has 0 aromatic rings. The van der Waals surface area contributed by atoms with Gasteiger partial charge < -0.3 is 33.8 Å². The minimum absolute atomic E-state index is 0.105. The van der Waals surface area contributed by atoms with Crippen molar-refractivity contribution < 1.29 is 80.2 Å². The molecule has 0 saturated carbocycles. The van der Waals surface area contributed by atoms with E-state index in [0.29, 0.717) is 31.6 Å². The van der Waals surface area contributed by atoms with Crippen molar-refractivity contribution in [2.45, 2.75) is 440 Å². The number of hydrogen-bond acceptors (Lipinski definition) is 15. The molecule has 6 atom stereocenters. The third-order valence-corrected chi connectivity index (χ3v) is 21.3. The second kappa shape index (κ2) is 71.0. The number of carbonyl (C=O) groups is 4. The van der Waals surface area contributed by atoms with Crippen LogP contribution in [-0.4, -0.2) is 96.7 Å². The maximum Gasteiger partial charge on any atom is 0.472 e. The lowest BCUT2D eigenvalue weighted by atomic mass is 9.99. The van der Waals surface area contributed by atoms with Crippen LogP contribution in [0, 0.1) is 23.7 Å². The van der Waals surface area contributed by atoms with Crippen LogP contribution in [0.3, 0.4) is 0 Å². The van der Waals surface area contributed by atoms with E-state index in [1.54, 1.807) is 0 Å². The van der Waals surface area contributed by atoms with Gasteiger partial charge >= 0.3 is 39.5 Å². The molecule has 600 valence electrons. The Morgan fingerprint density at radius 3 is 0.703 bits per heavy atom. The normalized spacial score (nSPS) is 14.3. The Morgan fingerprint density at radius 2 is 0.475 bits per heavy atom. The zero-order valence-electron chi connectivity index (χ0n) is 66.5. The molecule has 0 saturated heterocycles. The highest BCUT2D eigenvalue weighted by Gasteiger charge is 2.30. The van der Waals surface area contributed by atoms with Gasteiger partial charge in [-0.3, -0.25) is 37.3 Å². The number of hydrogen-bond donors (Lipinski definition) is 3. The van der Waals surface area contributed by atoms with E-state index in [9.17, 15) is 43.2 Å². The quantitative estimate of drug-likeness (QED) is 0.0222. The Kier molecular flexibility index (Phi) is 69.6. The lowest BCUT2D eigenvalue weighted by molar-refractivity contribution is -0.161. The fourth-order valence-corrected chi connectivity index (χ4v) is 14.2. The molecule has 101 heavy (non-hydrogen) atoms. The van der Waals surface area contributed by atoms with Gasteiger partial charge in [0.25, 0.3) is 0 Å². The molecule has 17 nitrogen and oxygen atoms in total. The molecule has 0 bridgehead atoms. The Balaban J connectivity index is 5.16. The number of phosphoric ester groups is 2. The van der Waals surface area contributed by atoms with E-state index >= 15 is 0 Å². The summed E-state index contributed by atoms with van der Waals surface area (Å²) in [5.74, 6) is 0.995. The van der Waals surface area contributed by atoms with Crippen LogP contribution in [0.2, 0.25) is 0 Å². The lowest BCUT2D eigenvalue weighted by Gasteiger charge is -2.21. The SMILES string of the molecule is CCC(C)CCCCCCCCCCCCCCCCCCCCC(=O)OC[C@H](COP(=O)(O)OCC(O)COP(=O)(O)OC[C@@H](COC(=O)CCCCCCCCCC(C)C)OC(=O)CCCCCCCCCCCCCCCCC(C)C)OC(=O)CCCCCCCCCCCC(C)C. The van der Waals surface area contributed by atoms with Crippen LogP contribution in [0.5, 0.6) is 0 Å². The molecule has 0 aliphatic heterocycles. The number of phosphoric acid groups is 2. The Labute approximate surface area is 619 Å². The first-order valence-corrected chi connectivity index (χ1v) is 45.2. The van der Waals surface area contributed by atoms with Crippen molar-refractivity contribution in [1.29, 1.82) is 0 Å². The molecule has 0 spiro atoms. The fraction of sp³-hybridized carbons (Fsp3) is 0.951. The van der Waals surface area contributed by atoms with Crippen molar-refractivity contribution in [3.63, 3.8) is 0 Å². The van der Waals surface area contributed by atoms with E-state index in [1.807, 2.05) is 0 Å². The Bertz CT molecular complexity index is 1970. The van der Waals surface area contributed by atoms with Crippen LogP contribution in [-0.2, 0) is 65.4 Å². The van der Waals surface area contributed by atoms with Crippen molar-refractivity contribution in [1.82, 2.24) is 0 Å². The van der Waals surface area contributed by atoms with Crippen LogP contribution < -0.4 is 0 Å². The molecule has 0 amide bonds. The summed E-state index contributed by atoms with van der Waals surface area (Å²) < 4.78 is 68.7. The van der Waals surface area contributed by atoms with Gasteiger partial charge in [-0.15, -0.1) is 0 Å². The first-order valence-electron chi connectivity index (χ1n) is 42.2. The molecule has 0 rings (SSSR count). The van der Waals surface area contributed by atoms with Crippen molar-refractivity contribution >= 4 is 39.5 Å². The van der Waals surface area contributed by atoms with E-state index < -0.39 is 97.5 Å². The number of rotatable bonds is 79. The minimum Gasteiger partial charge on any atom is -0.462 e. The first-order chi connectivity index (χ1) is 48.6. The minimum atomic E-state index is -4.96. The molecular weight excluding hydrogens is 1320 g/mol. The van der Waals surface area contributed by atoms with Gasteiger partial charge in [0.1, 0.15) is 19.3 Å². The van der Waals surface area contributed by atoms with Crippen molar-refractivity contribution in [2.24, 2.45) is 23.7 Å². The molecule has 0 aromatic carbocycles. The third-order valence-electron chi connectivity index (χ3n) is 19.4. The predicted molar refractivity (Wildman–Crippen MR) is 414 cm³/mol. The largest absolute Gasteiger partial charge is 0.472 e. The van der Waals surface area contributed by atoms with Crippen molar-refractivity contribution in [3.8, 4) is 0 Å². The number of aliphatic hydroxyl groups excluding tert-OH is 1. The third kappa shape index (κ3) is 74.7. The Morgan fingerprint density at radius 1 is 0.277 bits per heavy atom. The summed E-state index contributed by atoms with van der Waals surface area (Å²) in [5.41, 5.74) is 0. The molecule has 4 unspecified atom stereocenters. The van der Waals surface area contributed by atoms with Gasteiger partial charge in [-0.2, -0.15) is 0 Å². The van der Waals surface area contributed by atoms with Gasteiger partial charge in [0.15, 0.2) is 12.2 Å². The van der Waals surface area contributed by atoms with E-state index in [-0.39, 0.29) is 25.7 Å². The van der Waals surface area contributed by atoms with Gasteiger partial charge in [0.2, 0.25) is 0 Å². The summed E-state index contributed by atoms with van der Waals surface area (Å²) >= 11 is 0. The maximum absolute atomic E-state index is 13.1. The molecule has 19 heteroatoms. The van der Waals surface area contributed by atoms with Crippen molar-refractivity contribution in [2.75, 3.05) is 39.6 Å². The van der Waals surface area contributed by atoms with Gasteiger partial charge in [0, 0.05) is 25.7 Å². The number of carbonyl (C=O) groups excluding carboxylic acids is 4. The van der Waals surface area contributed by atoms with Crippen LogP contribution in [0.15, 0.2) is 0 Å². The Hall–Kier alpha value is -1.94. The molecular formula is C82H160O17P2. The summed E-state index contributed by atoms with van der Waals surface area (Å²) in [6.45, 7) is 14.3. The highest BCUT2D eigenvalue weighted by Crippen LogP contribution is 2.45. The molecule has 0 heterocycles. The van der Waals surface area contributed by atoms with Crippen LogP contribution in [0.1, 0.15) is 421 Å². The fourth-order valence-electron chi connectivity index (χ4n) is 12.6. The second-order valence-corrected chi connectivity index (χ2v) is 34.1. The summed E-state index contributed by atoms with van der Waals surface area (Å²) in [6.07, 6.45) is 58.5. The number of esters is 4. The standard InChI is InChI=1S/C82H160O17P2/c1-9-75(8)61-53-45-37-29-23-19-14-12-10-11-13-15-20-24-30-38-46-54-62-79(84)92-68-77(99-82(87)65-57-49-40-32-26-28-35-43-51-59-73(4)5)70-96-100(88,89)94-66-76(83)67-95-101(90,91)97-71-78(69-93-80(85)63-55-47-41-33-36-44-52-60-74(6)7)98-81(86)64-56-48-39-31-25-21-17-16-18-22-27-34-42-50-58-72(2)3/h72-78,83H,9-71H2,1-8H3,(H,88,89)(H,90,91)/t75?,76?,77-,78-/m1/s1. The number of unbranched alkanes of at least 4 members (excludes halogenated alkanes) is 44. The predicted octanol–water partition coefficient (Wildman–Crippen LogP) is 24.4. The zero-order valence-corrected chi connectivity index (χ0v) is 68.3. The highest BCUT2D eigenvalue weighted by molar-refractivity contribution is 7.47. The van der Waals surface area contributed by atoms with Crippen molar-refractivity contribution in [3.05, 3.63) is 0 Å². The zero-order chi connectivity index (χ0) is 74.6. The monoisotopic (exact) mass is 1480 g/mol. The second-order valence-electron chi connectivity index (χ2n) is 31.2. The smallest absolute Gasteiger partial charge is 0.462 e. The molecule has 0 radical (unpaired) electrons. The van der Waals surface area contributed by atoms with Gasteiger partial charge in [-0.05, 0) is 49.4 Å². The van der Waals surface area contributed by atoms with Crippen LogP contribution in [0.4, 0.5) is 0 Å². The molecule has 3 N–H and O–H groups in total. The summed E-state index contributed by atoms with van der Waals surface area (Å²) in [6, 6.07) is 0. The number of ether oxygens (including phenoxy) is 4. The summed E-state index contributed by atoms with van der Waals surface area (Å²) in [4.78, 5) is 73.0. The molecule has 0 aromatic heterocycles. The van der Waals surface area contributed by atoms with Crippen LogP contribution in [0.25, 0.3) is 0 Å². The van der Waals surface area contributed by atoms with E-state index in [1.165, 1.54) is 218 Å². The van der Waals surface area contributed by atoms with Gasteiger partial charge in [-0.1, -0.05) is 370 Å².